The second kappa shape index (κ2) is 14.0. The van der Waals surface area contributed by atoms with Crippen LogP contribution in [-0.4, -0.2) is 55.1 Å². The Bertz CT molecular complexity index is 1650. The Morgan fingerprint density at radius 2 is 1.52 bits per heavy atom. The van der Waals surface area contributed by atoms with E-state index >= 15 is 0 Å². The molecule has 0 aliphatic rings. The van der Waals surface area contributed by atoms with Crippen LogP contribution in [0, 0.1) is 0 Å². The fraction of sp³-hybridized carbons (Fsp3) is 0.273. The highest BCUT2D eigenvalue weighted by Crippen LogP contribution is 2.23. The highest BCUT2D eigenvalue weighted by molar-refractivity contribution is 7.89. The van der Waals surface area contributed by atoms with E-state index in [1.165, 1.54) is 11.9 Å². The number of nitrogens with one attached hydrogen (secondary N) is 1. The summed E-state index contributed by atoms with van der Waals surface area (Å²) >= 11 is 6.25. The Kier molecular flexibility index (Phi) is 10.4. The van der Waals surface area contributed by atoms with E-state index in [0.29, 0.717) is 5.02 Å². The molecule has 0 aromatic heterocycles. The summed E-state index contributed by atoms with van der Waals surface area (Å²) in [5, 5.41) is 5.22. The first kappa shape index (κ1) is 31.2. The van der Waals surface area contributed by atoms with Crippen molar-refractivity contribution in [1.29, 1.82) is 0 Å². The molecule has 0 aliphatic carbocycles. The van der Waals surface area contributed by atoms with Crippen molar-refractivity contribution >= 4 is 44.2 Å². The molecule has 2 atom stereocenters. The third-order valence-electron chi connectivity index (χ3n) is 7.30. The molecular formula is C33H36ClN3O4S. The Morgan fingerprint density at radius 3 is 2.21 bits per heavy atom. The lowest BCUT2D eigenvalue weighted by atomic mass is 10.0. The second-order valence-corrected chi connectivity index (χ2v) is 12.9. The van der Waals surface area contributed by atoms with Gasteiger partial charge in [-0.3, -0.25) is 9.59 Å². The van der Waals surface area contributed by atoms with E-state index in [9.17, 15) is 18.0 Å². The van der Waals surface area contributed by atoms with Gasteiger partial charge in [0, 0.05) is 31.1 Å². The van der Waals surface area contributed by atoms with Crippen molar-refractivity contribution in [2.24, 2.45) is 0 Å². The smallest absolute Gasteiger partial charge is 0.243 e. The molecule has 7 nitrogen and oxygen atoms in total. The number of carbonyl (C=O) groups excluding carboxylic acids is 2. The SMILES string of the molecule is CC[C@H](C)NC(=O)[C@H](Cc1ccccc1)N(Cc1cccc(Cl)c1)C(=O)CN(C)S(=O)(=O)c1ccc2ccccc2c1. The summed E-state index contributed by atoms with van der Waals surface area (Å²) < 4.78 is 28.2. The summed E-state index contributed by atoms with van der Waals surface area (Å²) in [5.41, 5.74) is 1.60. The van der Waals surface area contributed by atoms with Crippen molar-refractivity contribution in [2.45, 2.75) is 50.2 Å². The molecule has 0 saturated carbocycles. The maximum Gasteiger partial charge on any atom is 0.243 e. The molecule has 0 radical (unpaired) electrons. The molecule has 0 saturated heterocycles. The number of likely N-dealkylation sites (N-methyl/N-ethyl adjacent to an activating group) is 1. The van der Waals surface area contributed by atoms with E-state index in [2.05, 4.69) is 5.32 Å². The van der Waals surface area contributed by atoms with Crippen LogP contribution in [0.5, 0.6) is 0 Å². The summed E-state index contributed by atoms with van der Waals surface area (Å²) in [7, 11) is -2.62. The van der Waals surface area contributed by atoms with E-state index in [1.807, 2.05) is 74.5 Å². The van der Waals surface area contributed by atoms with Crippen LogP contribution in [0.15, 0.2) is 102 Å². The predicted molar refractivity (Wildman–Crippen MR) is 168 cm³/mol. The Labute approximate surface area is 253 Å². The van der Waals surface area contributed by atoms with Crippen molar-refractivity contribution in [3.8, 4) is 0 Å². The number of carbonyl (C=O) groups is 2. The third kappa shape index (κ3) is 7.76. The maximum atomic E-state index is 14.0. The Hall–Kier alpha value is -3.72. The number of hydrogen-bond acceptors (Lipinski definition) is 4. The lowest BCUT2D eigenvalue weighted by Gasteiger charge is -2.33. The molecule has 0 fully saturated rings. The fourth-order valence-corrected chi connectivity index (χ4v) is 6.07. The quantitative estimate of drug-likeness (QED) is 0.225. The van der Waals surface area contributed by atoms with E-state index in [1.54, 1.807) is 36.4 Å². The lowest BCUT2D eigenvalue weighted by Crippen LogP contribution is -2.54. The zero-order valence-corrected chi connectivity index (χ0v) is 25.6. The minimum Gasteiger partial charge on any atom is -0.352 e. The van der Waals surface area contributed by atoms with Gasteiger partial charge < -0.3 is 10.2 Å². The lowest BCUT2D eigenvalue weighted by molar-refractivity contribution is -0.141. The number of sulfonamides is 1. The first-order chi connectivity index (χ1) is 20.1. The number of fused-ring (bicyclic) bond motifs is 1. The van der Waals surface area contributed by atoms with Gasteiger partial charge in [0.1, 0.15) is 6.04 Å². The van der Waals surface area contributed by atoms with Crippen molar-refractivity contribution in [2.75, 3.05) is 13.6 Å². The average Bonchev–Trinajstić information content (AvgIpc) is 2.98. The van der Waals surface area contributed by atoms with E-state index < -0.39 is 28.5 Å². The normalized spacial score (nSPS) is 13.1. The van der Waals surface area contributed by atoms with Gasteiger partial charge in [-0.25, -0.2) is 8.42 Å². The first-order valence-electron chi connectivity index (χ1n) is 13.9. The van der Waals surface area contributed by atoms with Crippen LogP contribution in [-0.2, 0) is 32.6 Å². The number of hydrogen-bond donors (Lipinski definition) is 1. The molecule has 0 unspecified atom stereocenters. The predicted octanol–water partition coefficient (Wildman–Crippen LogP) is 5.67. The molecule has 0 heterocycles. The molecule has 0 bridgehead atoms. The molecule has 42 heavy (non-hydrogen) atoms. The number of benzene rings is 4. The van der Waals surface area contributed by atoms with Crippen molar-refractivity contribution in [3.05, 3.63) is 113 Å². The topological polar surface area (TPSA) is 86.8 Å². The van der Waals surface area contributed by atoms with Crippen molar-refractivity contribution < 1.29 is 18.0 Å². The molecule has 4 rings (SSSR count). The van der Waals surface area contributed by atoms with Crippen molar-refractivity contribution in [3.63, 3.8) is 0 Å². The monoisotopic (exact) mass is 605 g/mol. The summed E-state index contributed by atoms with van der Waals surface area (Å²) in [6.07, 6.45) is 0.981. The van der Waals surface area contributed by atoms with E-state index in [-0.39, 0.29) is 29.8 Å². The molecule has 1 N–H and O–H groups in total. The molecule has 4 aromatic carbocycles. The highest BCUT2D eigenvalue weighted by Gasteiger charge is 2.33. The van der Waals surface area contributed by atoms with Crippen LogP contribution in [0.3, 0.4) is 0 Å². The molecule has 2 amide bonds. The van der Waals surface area contributed by atoms with Gasteiger partial charge in [0.05, 0.1) is 11.4 Å². The van der Waals surface area contributed by atoms with Gasteiger partial charge in [-0.2, -0.15) is 4.31 Å². The summed E-state index contributed by atoms with van der Waals surface area (Å²) in [6.45, 7) is 3.51. The molecule has 0 aliphatic heterocycles. The Balaban J connectivity index is 1.68. The summed E-state index contributed by atoms with van der Waals surface area (Å²) in [5.74, 6) is -0.800. The van der Waals surface area contributed by atoms with Gasteiger partial charge in [0.25, 0.3) is 0 Å². The number of rotatable bonds is 12. The summed E-state index contributed by atoms with van der Waals surface area (Å²) in [4.78, 5) is 29.3. The third-order valence-corrected chi connectivity index (χ3v) is 9.34. The van der Waals surface area contributed by atoms with Crippen molar-refractivity contribution in [1.82, 2.24) is 14.5 Å². The maximum absolute atomic E-state index is 14.0. The molecule has 9 heteroatoms. The number of halogens is 1. The number of amides is 2. The van der Waals surface area contributed by atoms with Gasteiger partial charge in [-0.05, 0) is 59.5 Å². The Morgan fingerprint density at radius 1 is 0.857 bits per heavy atom. The van der Waals surface area contributed by atoms with Crippen LogP contribution in [0.25, 0.3) is 10.8 Å². The average molecular weight is 606 g/mol. The highest BCUT2D eigenvalue weighted by atomic mass is 35.5. The zero-order valence-electron chi connectivity index (χ0n) is 24.0. The minimum atomic E-state index is -4.00. The molecule has 0 spiro atoms. The van der Waals surface area contributed by atoms with E-state index in [0.717, 1.165) is 32.6 Å². The minimum absolute atomic E-state index is 0.0781. The molecule has 220 valence electrons. The van der Waals surface area contributed by atoms with Crippen LogP contribution < -0.4 is 5.32 Å². The van der Waals surface area contributed by atoms with Gasteiger partial charge in [0.2, 0.25) is 21.8 Å². The molecular weight excluding hydrogens is 570 g/mol. The largest absolute Gasteiger partial charge is 0.352 e. The first-order valence-corrected chi connectivity index (χ1v) is 15.7. The van der Waals surface area contributed by atoms with Crippen LogP contribution in [0.4, 0.5) is 0 Å². The van der Waals surface area contributed by atoms with Crippen LogP contribution in [0.2, 0.25) is 5.02 Å². The van der Waals surface area contributed by atoms with Crippen LogP contribution >= 0.6 is 11.6 Å². The zero-order chi connectivity index (χ0) is 30.3. The second-order valence-electron chi connectivity index (χ2n) is 10.4. The van der Waals surface area contributed by atoms with Gasteiger partial charge >= 0.3 is 0 Å². The van der Waals surface area contributed by atoms with E-state index in [4.69, 9.17) is 11.6 Å². The van der Waals surface area contributed by atoms with Gasteiger partial charge in [-0.1, -0.05) is 91.3 Å². The van der Waals surface area contributed by atoms with Gasteiger partial charge in [-0.15, -0.1) is 0 Å². The molecule has 4 aromatic rings. The van der Waals surface area contributed by atoms with Gasteiger partial charge in [0.15, 0.2) is 0 Å². The van der Waals surface area contributed by atoms with Crippen LogP contribution in [0.1, 0.15) is 31.4 Å². The standard InChI is InChI=1S/C33H36ClN3O4S/c1-4-24(2)35-33(39)31(20-25-11-6-5-7-12-25)37(22-26-13-10-16-29(34)19-26)32(38)23-36(3)42(40,41)30-18-17-27-14-8-9-15-28(27)21-30/h5-19,21,24,31H,4,20,22-23H2,1-3H3,(H,35,39)/t24-,31-/m0/s1. The summed E-state index contributed by atoms with van der Waals surface area (Å²) in [6, 6.07) is 27.9. The number of nitrogens with zero attached hydrogens (tertiary/aromatic N) is 2. The fourth-order valence-electron chi connectivity index (χ4n) is 4.70.